The number of hydrogen-bond donors (Lipinski definition) is 2. The van der Waals surface area contributed by atoms with Gasteiger partial charge in [0.2, 0.25) is 0 Å². The van der Waals surface area contributed by atoms with Gasteiger partial charge in [0.05, 0.1) is 17.8 Å². The molecule has 1 aromatic carbocycles. The number of aryl methyl sites for hydroxylation is 2. The summed E-state index contributed by atoms with van der Waals surface area (Å²) >= 11 is 0. The number of fused-ring (bicyclic) bond motifs is 1. The summed E-state index contributed by atoms with van der Waals surface area (Å²) < 4.78 is 1.85. The summed E-state index contributed by atoms with van der Waals surface area (Å²) in [6, 6.07) is 10.2. The Kier molecular flexibility index (Phi) is 3.45. The maximum atomic E-state index is 5.78. The van der Waals surface area contributed by atoms with Gasteiger partial charge < -0.3 is 0 Å². The molecule has 0 aliphatic rings. The van der Waals surface area contributed by atoms with Crippen molar-refractivity contribution in [1.82, 2.24) is 20.2 Å². The van der Waals surface area contributed by atoms with E-state index in [1.807, 2.05) is 43.9 Å². The van der Waals surface area contributed by atoms with E-state index in [9.17, 15) is 0 Å². The Morgan fingerprint density at radius 3 is 2.67 bits per heavy atom. The van der Waals surface area contributed by atoms with Crippen molar-refractivity contribution in [3.63, 3.8) is 0 Å². The molecule has 1 atom stereocenters. The van der Waals surface area contributed by atoms with Gasteiger partial charge in [0.1, 0.15) is 0 Å². The third-order valence-electron chi connectivity index (χ3n) is 3.94. The summed E-state index contributed by atoms with van der Waals surface area (Å²) in [4.78, 5) is 4.53. The summed E-state index contributed by atoms with van der Waals surface area (Å²) in [5, 5.41) is 5.40. The molecule has 2 aromatic heterocycles. The van der Waals surface area contributed by atoms with Crippen LogP contribution in [0, 0.1) is 13.8 Å². The second-order valence-electron chi connectivity index (χ2n) is 5.31. The first kappa shape index (κ1) is 13.7. The fraction of sp³-hybridized carbons (Fsp3) is 0.250. The van der Waals surface area contributed by atoms with Crippen molar-refractivity contribution in [1.29, 1.82) is 0 Å². The molecule has 3 N–H and O–H groups in total. The zero-order valence-corrected chi connectivity index (χ0v) is 12.5. The maximum absolute atomic E-state index is 5.78. The molecule has 0 aliphatic carbocycles. The molecule has 3 rings (SSSR count). The van der Waals surface area contributed by atoms with E-state index >= 15 is 0 Å². The second kappa shape index (κ2) is 5.27. The highest BCUT2D eigenvalue weighted by Gasteiger charge is 2.17. The predicted molar refractivity (Wildman–Crippen MR) is 83.6 cm³/mol. The molecule has 108 valence electrons. The average molecular weight is 281 g/mol. The first-order valence-electron chi connectivity index (χ1n) is 6.92. The van der Waals surface area contributed by atoms with Crippen LogP contribution in [0.25, 0.3) is 10.9 Å². The van der Waals surface area contributed by atoms with Gasteiger partial charge in [-0.2, -0.15) is 5.10 Å². The van der Waals surface area contributed by atoms with Crippen molar-refractivity contribution in [2.24, 2.45) is 12.9 Å². The molecule has 1 unspecified atom stereocenters. The quantitative estimate of drug-likeness (QED) is 0.570. The number of nitrogens with one attached hydrogen (secondary N) is 1. The molecule has 0 aliphatic heterocycles. The molecule has 21 heavy (non-hydrogen) atoms. The summed E-state index contributed by atoms with van der Waals surface area (Å²) in [5.74, 6) is 5.78. The van der Waals surface area contributed by atoms with Gasteiger partial charge in [-0.25, -0.2) is 5.43 Å². The lowest BCUT2D eigenvalue weighted by Crippen LogP contribution is -2.29. The zero-order chi connectivity index (χ0) is 15.0. The van der Waals surface area contributed by atoms with Gasteiger partial charge >= 0.3 is 0 Å². The van der Waals surface area contributed by atoms with Crippen molar-refractivity contribution in [2.45, 2.75) is 19.9 Å². The maximum Gasteiger partial charge on any atom is 0.0743 e. The molecule has 0 saturated heterocycles. The lowest BCUT2D eigenvalue weighted by Gasteiger charge is -2.17. The molecule has 0 saturated carbocycles. The van der Waals surface area contributed by atoms with Gasteiger partial charge in [0.25, 0.3) is 0 Å². The van der Waals surface area contributed by atoms with E-state index in [0.29, 0.717) is 0 Å². The molecule has 0 spiro atoms. The van der Waals surface area contributed by atoms with Crippen LogP contribution in [0.4, 0.5) is 0 Å². The molecule has 2 heterocycles. The first-order valence-corrected chi connectivity index (χ1v) is 6.92. The molecule has 0 bridgehead atoms. The molecule has 3 aromatic rings. The monoisotopic (exact) mass is 281 g/mol. The highest BCUT2D eigenvalue weighted by atomic mass is 15.3. The number of hydrogen-bond acceptors (Lipinski definition) is 4. The minimum Gasteiger partial charge on any atom is -0.273 e. The highest BCUT2D eigenvalue weighted by molar-refractivity contribution is 5.79. The number of benzene rings is 1. The van der Waals surface area contributed by atoms with Gasteiger partial charge in [0, 0.05) is 29.4 Å². The Morgan fingerprint density at radius 1 is 1.19 bits per heavy atom. The third-order valence-corrected chi connectivity index (χ3v) is 3.94. The van der Waals surface area contributed by atoms with Crippen LogP contribution in [0.5, 0.6) is 0 Å². The SMILES string of the molecule is Cc1ccc2cc(C(NN)c3cnn(C)c3C)ccc2n1. The van der Waals surface area contributed by atoms with Gasteiger partial charge in [-0.1, -0.05) is 12.1 Å². The number of nitrogens with two attached hydrogens (primary N) is 1. The highest BCUT2D eigenvalue weighted by Crippen LogP contribution is 2.26. The van der Waals surface area contributed by atoms with E-state index in [1.165, 1.54) is 0 Å². The molecule has 5 nitrogen and oxygen atoms in total. The van der Waals surface area contributed by atoms with E-state index in [2.05, 4.69) is 33.7 Å². The fourth-order valence-corrected chi connectivity index (χ4v) is 2.59. The summed E-state index contributed by atoms with van der Waals surface area (Å²) in [7, 11) is 1.93. The van der Waals surface area contributed by atoms with Crippen LogP contribution in [0.15, 0.2) is 36.5 Å². The molecular weight excluding hydrogens is 262 g/mol. The normalized spacial score (nSPS) is 12.8. The van der Waals surface area contributed by atoms with Crippen molar-refractivity contribution >= 4 is 10.9 Å². The fourth-order valence-electron chi connectivity index (χ4n) is 2.59. The predicted octanol–water partition coefficient (Wildman–Crippen LogP) is 2.14. The average Bonchev–Trinajstić information content (AvgIpc) is 2.81. The number of hydrazine groups is 1. The molecule has 0 fully saturated rings. The lowest BCUT2D eigenvalue weighted by molar-refractivity contribution is 0.631. The first-order chi connectivity index (χ1) is 10.1. The number of pyridine rings is 1. The van der Waals surface area contributed by atoms with Crippen molar-refractivity contribution < 1.29 is 0 Å². The topological polar surface area (TPSA) is 68.8 Å². The van der Waals surface area contributed by atoms with Gasteiger partial charge in [0.15, 0.2) is 0 Å². The molecular formula is C16H19N5. The van der Waals surface area contributed by atoms with Gasteiger partial charge in [-0.05, 0) is 37.6 Å². The minimum atomic E-state index is -0.0793. The van der Waals surface area contributed by atoms with E-state index in [0.717, 1.165) is 33.4 Å². The summed E-state index contributed by atoms with van der Waals surface area (Å²) in [6.07, 6.45) is 1.86. The van der Waals surface area contributed by atoms with Crippen LogP contribution in [-0.2, 0) is 7.05 Å². The summed E-state index contributed by atoms with van der Waals surface area (Å²) in [5.41, 5.74) is 8.19. The molecule has 5 heteroatoms. The second-order valence-corrected chi connectivity index (χ2v) is 5.31. The van der Waals surface area contributed by atoms with E-state index < -0.39 is 0 Å². The zero-order valence-electron chi connectivity index (χ0n) is 12.5. The number of rotatable bonds is 3. The Bertz CT molecular complexity index is 790. The standard InChI is InChI=1S/C16H19N5/c1-10-4-5-12-8-13(6-7-15(12)19-10)16(20-17)14-9-18-21(3)11(14)2/h4-9,16,20H,17H2,1-3H3. The Hall–Kier alpha value is -2.24. The van der Waals surface area contributed by atoms with Crippen LogP contribution < -0.4 is 11.3 Å². The van der Waals surface area contributed by atoms with Gasteiger partial charge in [-0.3, -0.25) is 15.5 Å². The van der Waals surface area contributed by atoms with E-state index in [1.54, 1.807) is 0 Å². The summed E-state index contributed by atoms with van der Waals surface area (Å²) in [6.45, 7) is 4.04. The minimum absolute atomic E-state index is 0.0793. The van der Waals surface area contributed by atoms with Crippen molar-refractivity contribution in [2.75, 3.05) is 0 Å². The largest absolute Gasteiger partial charge is 0.273 e. The van der Waals surface area contributed by atoms with Crippen LogP contribution in [0.2, 0.25) is 0 Å². The number of aromatic nitrogens is 3. The van der Waals surface area contributed by atoms with Crippen LogP contribution in [-0.4, -0.2) is 14.8 Å². The number of nitrogens with zero attached hydrogens (tertiary/aromatic N) is 3. The van der Waals surface area contributed by atoms with E-state index in [4.69, 9.17) is 5.84 Å². The van der Waals surface area contributed by atoms with Gasteiger partial charge in [-0.15, -0.1) is 0 Å². The van der Waals surface area contributed by atoms with Crippen molar-refractivity contribution in [3.8, 4) is 0 Å². The third kappa shape index (κ3) is 2.41. The molecule has 0 radical (unpaired) electrons. The van der Waals surface area contributed by atoms with Crippen LogP contribution in [0.1, 0.15) is 28.6 Å². The van der Waals surface area contributed by atoms with Crippen molar-refractivity contribution in [3.05, 3.63) is 59.0 Å². The smallest absolute Gasteiger partial charge is 0.0743 e. The Balaban J connectivity index is 2.09. The van der Waals surface area contributed by atoms with E-state index in [-0.39, 0.29) is 6.04 Å². The Morgan fingerprint density at radius 2 is 2.00 bits per heavy atom. The Labute approximate surface area is 123 Å². The van der Waals surface area contributed by atoms with Crippen LogP contribution >= 0.6 is 0 Å². The lowest BCUT2D eigenvalue weighted by atomic mass is 9.98. The van der Waals surface area contributed by atoms with Crippen LogP contribution in [0.3, 0.4) is 0 Å². The molecule has 0 amide bonds.